The smallest absolute Gasteiger partial charge is 0.321 e. The van der Waals surface area contributed by atoms with Crippen LogP contribution in [0.4, 0.5) is 10.5 Å². The summed E-state index contributed by atoms with van der Waals surface area (Å²) in [6.45, 7) is 1.30. The SMILES string of the molecule is CNC(=O)c1cc(Oc2ccc(N3CCNC3=O)cc2)ccn1. The van der Waals surface area contributed by atoms with Gasteiger partial charge in [-0.3, -0.25) is 14.7 Å². The number of rotatable bonds is 4. The second-order valence-corrected chi connectivity index (χ2v) is 4.94. The van der Waals surface area contributed by atoms with E-state index in [-0.39, 0.29) is 17.6 Å². The molecule has 7 heteroatoms. The molecule has 1 fully saturated rings. The molecule has 1 aliphatic heterocycles. The van der Waals surface area contributed by atoms with E-state index in [9.17, 15) is 9.59 Å². The van der Waals surface area contributed by atoms with E-state index in [4.69, 9.17) is 4.74 Å². The Kier molecular flexibility index (Phi) is 4.09. The summed E-state index contributed by atoms with van der Waals surface area (Å²) in [6.07, 6.45) is 1.52. The average Bonchev–Trinajstić information content (AvgIpc) is 3.01. The third-order valence-corrected chi connectivity index (χ3v) is 3.43. The number of benzene rings is 1. The maximum absolute atomic E-state index is 11.6. The molecule has 7 nitrogen and oxygen atoms in total. The van der Waals surface area contributed by atoms with Crippen LogP contribution in [0.2, 0.25) is 0 Å². The Labute approximate surface area is 133 Å². The van der Waals surface area contributed by atoms with Gasteiger partial charge in [-0.15, -0.1) is 0 Å². The Hall–Kier alpha value is -3.09. The Morgan fingerprint density at radius 1 is 1.26 bits per heavy atom. The molecule has 2 heterocycles. The normalized spacial score (nSPS) is 13.6. The van der Waals surface area contributed by atoms with E-state index in [1.54, 1.807) is 36.2 Å². The van der Waals surface area contributed by atoms with Crippen molar-refractivity contribution in [3.63, 3.8) is 0 Å². The van der Waals surface area contributed by atoms with Crippen molar-refractivity contribution in [3.8, 4) is 11.5 Å². The second-order valence-electron chi connectivity index (χ2n) is 4.94. The number of anilines is 1. The molecule has 1 aromatic carbocycles. The molecule has 1 saturated heterocycles. The summed E-state index contributed by atoms with van der Waals surface area (Å²) >= 11 is 0. The first-order valence-corrected chi connectivity index (χ1v) is 7.19. The summed E-state index contributed by atoms with van der Waals surface area (Å²) in [4.78, 5) is 28.8. The topological polar surface area (TPSA) is 83.6 Å². The molecule has 23 heavy (non-hydrogen) atoms. The zero-order chi connectivity index (χ0) is 16.2. The second kappa shape index (κ2) is 6.35. The first kappa shape index (κ1) is 14.8. The Morgan fingerprint density at radius 2 is 2.04 bits per heavy atom. The van der Waals surface area contributed by atoms with E-state index in [0.717, 1.165) is 5.69 Å². The number of carbonyl (C=O) groups excluding carboxylic acids is 2. The summed E-state index contributed by atoms with van der Waals surface area (Å²) in [6, 6.07) is 10.3. The molecular formula is C16H16N4O3. The predicted octanol–water partition coefficient (Wildman–Crippen LogP) is 1.76. The fraction of sp³-hybridized carbons (Fsp3) is 0.188. The highest BCUT2D eigenvalue weighted by molar-refractivity contribution is 5.94. The van der Waals surface area contributed by atoms with E-state index in [1.165, 1.54) is 6.20 Å². The molecule has 0 unspecified atom stereocenters. The summed E-state index contributed by atoms with van der Waals surface area (Å²) in [5.41, 5.74) is 1.10. The average molecular weight is 312 g/mol. The van der Waals surface area contributed by atoms with Gasteiger partial charge in [0.25, 0.3) is 5.91 Å². The van der Waals surface area contributed by atoms with Crippen LogP contribution >= 0.6 is 0 Å². The van der Waals surface area contributed by atoms with Gasteiger partial charge < -0.3 is 15.4 Å². The zero-order valence-electron chi connectivity index (χ0n) is 12.6. The number of pyridine rings is 1. The number of hydrogen-bond donors (Lipinski definition) is 2. The number of amides is 3. The first-order chi connectivity index (χ1) is 11.2. The van der Waals surface area contributed by atoms with E-state index >= 15 is 0 Å². The highest BCUT2D eigenvalue weighted by atomic mass is 16.5. The predicted molar refractivity (Wildman–Crippen MR) is 84.9 cm³/mol. The number of ether oxygens (including phenoxy) is 1. The van der Waals surface area contributed by atoms with Gasteiger partial charge in [0.15, 0.2) is 0 Å². The third-order valence-electron chi connectivity index (χ3n) is 3.43. The maximum atomic E-state index is 11.6. The molecule has 0 spiro atoms. The van der Waals surface area contributed by atoms with Crippen LogP contribution in [0.3, 0.4) is 0 Å². The Balaban J connectivity index is 1.73. The minimum Gasteiger partial charge on any atom is -0.457 e. The summed E-state index contributed by atoms with van der Waals surface area (Å²) < 4.78 is 5.72. The van der Waals surface area contributed by atoms with Gasteiger partial charge >= 0.3 is 6.03 Å². The molecule has 118 valence electrons. The number of urea groups is 1. The Morgan fingerprint density at radius 3 is 2.70 bits per heavy atom. The molecule has 0 bridgehead atoms. The van der Waals surface area contributed by atoms with Gasteiger partial charge in [0, 0.05) is 38.1 Å². The lowest BCUT2D eigenvalue weighted by Gasteiger charge is -2.14. The third kappa shape index (κ3) is 3.23. The molecule has 2 aromatic rings. The molecule has 3 rings (SSSR count). The van der Waals surface area contributed by atoms with Crippen molar-refractivity contribution in [2.45, 2.75) is 0 Å². The van der Waals surface area contributed by atoms with Crippen molar-refractivity contribution in [3.05, 3.63) is 48.3 Å². The van der Waals surface area contributed by atoms with Crippen molar-refractivity contribution in [1.82, 2.24) is 15.6 Å². The molecule has 0 atom stereocenters. The number of aromatic nitrogens is 1. The van der Waals surface area contributed by atoms with Crippen LogP contribution in [0.15, 0.2) is 42.6 Å². The maximum Gasteiger partial charge on any atom is 0.321 e. The first-order valence-electron chi connectivity index (χ1n) is 7.19. The highest BCUT2D eigenvalue weighted by Gasteiger charge is 2.20. The van der Waals surface area contributed by atoms with E-state index < -0.39 is 0 Å². The lowest BCUT2D eigenvalue weighted by Crippen LogP contribution is -2.27. The fourth-order valence-corrected chi connectivity index (χ4v) is 2.28. The van der Waals surface area contributed by atoms with Gasteiger partial charge in [0.1, 0.15) is 17.2 Å². The van der Waals surface area contributed by atoms with Gasteiger partial charge in [0.2, 0.25) is 0 Å². The van der Waals surface area contributed by atoms with Gasteiger partial charge in [-0.25, -0.2) is 4.79 Å². The molecule has 0 saturated carbocycles. The van der Waals surface area contributed by atoms with Crippen LogP contribution in [0.1, 0.15) is 10.5 Å². The van der Waals surface area contributed by atoms with Crippen molar-refractivity contribution in [2.75, 3.05) is 25.0 Å². The minimum absolute atomic E-state index is 0.0944. The van der Waals surface area contributed by atoms with Crippen LogP contribution in [0, 0.1) is 0 Å². The van der Waals surface area contributed by atoms with E-state index in [1.807, 2.05) is 12.1 Å². The summed E-state index contributed by atoms with van der Waals surface area (Å²) in [5, 5.41) is 5.27. The number of hydrogen-bond acceptors (Lipinski definition) is 4. The van der Waals surface area contributed by atoms with Crippen LogP contribution in [-0.4, -0.2) is 37.1 Å². The zero-order valence-corrected chi connectivity index (χ0v) is 12.6. The largest absolute Gasteiger partial charge is 0.457 e. The van der Waals surface area contributed by atoms with E-state index in [2.05, 4.69) is 15.6 Å². The van der Waals surface area contributed by atoms with Crippen LogP contribution < -0.4 is 20.3 Å². The van der Waals surface area contributed by atoms with Gasteiger partial charge in [-0.1, -0.05) is 0 Å². The molecule has 2 N–H and O–H groups in total. The van der Waals surface area contributed by atoms with Crippen molar-refractivity contribution >= 4 is 17.6 Å². The number of nitrogens with zero attached hydrogens (tertiary/aromatic N) is 2. The monoisotopic (exact) mass is 312 g/mol. The fourth-order valence-electron chi connectivity index (χ4n) is 2.28. The Bertz CT molecular complexity index is 730. The van der Waals surface area contributed by atoms with Gasteiger partial charge in [-0.2, -0.15) is 0 Å². The lowest BCUT2D eigenvalue weighted by atomic mass is 10.2. The molecular weight excluding hydrogens is 296 g/mol. The van der Waals surface area contributed by atoms with Crippen molar-refractivity contribution in [1.29, 1.82) is 0 Å². The number of nitrogens with one attached hydrogen (secondary N) is 2. The van der Waals surface area contributed by atoms with Gasteiger partial charge in [-0.05, 0) is 30.3 Å². The standard InChI is InChI=1S/C16H16N4O3/c1-17-15(21)14-10-13(6-7-18-14)23-12-4-2-11(3-5-12)20-9-8-19-16(20)22/h2-7,10H,8-9H2,1H3,(H,17,21)(H,19,22). The minimum atomic E-state index is -0.272. The highest BCUT2D eigenvalue weighted by Crippen LogP contribution is 2.25. The quantitative estimate of drug-likeness (QED) is 0.901. The lowest BCUT2D eigenvalue weighted by molar-refractivity contribution is 0.0958. The van der Waals surface area contributed by atoms with Crippen molar-refractivity contribution in [2.24, 2.45) is 0 Å². The van der Waals surface area contributed by atoms with Gasteiger partial charge in [0.05, 0.1) is 0 Å². The van der Waals surface area contributed by atoms with Crippen LogP contribution in [0.5, 0.6) is 11.5 Å². The molecule has 1 aromatic heterocycles. The van der Waals surface area contributed by atoms with Crippen LogP contribution in [0.25, 0.3) is 0 Å². The number of carbonyl (C=O) groups is 2. The van der Waals surface area contributed by atoms with E-state index in [0.29, 0.717) is 24.6 Å². The molecule has 1 aliphatic rings. The van der Waals surface area contributed by atoms with Crippen LogP contribution in [-0.2, 0) is 0 Å². The molecule has 0 radical (unpaired) electrons. The molecule has 0 aliphatic carbocycles. The van der Waals surface area contributed by atoms with Crippen molar-refractivity contribution < 1.29 is 14.3 Å². The molecule has 3 amide bonds. The summed E-state index contributed by atoms with van der Waals surface area (Å²) in [5.74, 6) is 0.860. The summed E-state index contributed by atoms with van der Waals surface area (Å²) in [7, 11) is 1.55.